The first kappa shape index (κ1) is 25.6. The Morgan fingerprint density at radius 2 is 1.71 bits per heavy atom. The van der Waals surface area contributed by atoms with Crippen molar-refractivity contribution in [2.75, 3.05) is 23.8 Å². The molecule has 35 heavy (non-hydrogen) atoms. The second kappa shape index (κ2) is 12.5. The third-order valence-corrected chi connectivity index (χ3v) is 5.13. The summed E-state index contributed by atoms with van der Waals surface area (Å²) < 4.78 is 11.3. The molecule has 0 saturated carbocycles. The summed E-state index contributed by atoms with van der Waals surface area (Å²) >= 11 is 11.9. The summed E-state index contributed by atoms with van der Waals surface area (Å²) in [6, 6.07) is 20.2. The van der Waals surface area contributed by atoms with Crippen molar-refractivity contribution in [2.24, 2.45) is 0 Å². The Morgan fingerprint density at radius 1 is 0.971 bits per heavy atom. The average molecular weight is 510 g/mol. The summed E-state index contributed by atoms with van der Waals surface area (Å²) in [6.07, 6.45) is 1.42. The number of halogens is 2. The van der Waals surface area contributed by atoms with Crippen LogP contribution in [-0.2, 0) is 9.59 Å². The van der Waals surface area contributed by atoms with Gasteiger partial charge in [-0.05, 0) is 67.1 Å². The molecule has 3 rings (SSSR count). The van der Waals surface area contributed by atoms with Crippen LogP contribution in [-0.4, -0.2) is 25.0 Å². The number of carbonyl (C=O) groups excluding carboxylic acids is 2. The maximum Gasteiger partial charge on any atom is 0.266 e. The second-order valence-corrected chi connectivity index (χ2v) is 7.93. The van der Waals surface area contributed by atoms with Gasteiger partial charge in [-0.2, -0.15) is 5.26 Å². The lowest BCUT2D eigenvalue weighted by Gasteiger charge is -2.13. The number of rotatable bonds is 9. The third-order valence-electron chi connectivity index (χ3n) is 4.55. The molecule has 9 heteroatoms. The van der Waals surface area contributed by atoms with Crippen molar-refractivity contribution in [1.29, 1.82) is 5.26 Å². The Balaban J connectivity index is 1.71. The number of ether oxygens (including phenoxy) is 2. The van der Waals surface area contributed by atoms with Crippen LogP contribution in [0.4, 0.5) is 11.4 Å². The first-order valence-electron chi connectivity index (χ1n) is 10.5. The van der Waals surface area contributed by atoms with E-state index in [1.165, 1.54) is 6.08 Å². The van der Waals surface area contributed by atoms with Crippen LogP contribution >= 0.6 is 23.2 Å². The molecule has 0 aromatic heterocycles. The van der Waals surface area contributed by atoms with E-state index in [1.807, 2.05) is 6.07 Å². The van der Waals surface area contributed by atoms with Gasteiger partial charge in [0.25, 0.3) is 11.8 Å². The van der Waals surface area contributed by atoms with Crippen molar-refractivity contribution in [2.45, 2.75) is 6.92 Å². The Labute approximate surface area is 212 Å². The van der Waals surface area contributed by atoms with Crippen molar-refractivity contribution in [3.05, 3.63) is 87.9 Å². The van der Waals surface area contributed by atoms with Crippen molar-refractivity contribution in [3.63, 3.8) is 0 Å². The molecule has 0 aliphatic rings. The highest BCUT2D eigenvalue weighted by Crippen LogP contribution is 2.30. The monoisotopic (exact) mass is 509 g/mol. The van der Waals surface area contributed by atoms with Crippen molar-refractivity contribution in [3.8, 4) is 17.6 Å². The fourth-order valence-corrected chi connectivity index (χ4v) is 3.25. The molecule has 7 nitrogen and oxygen atoms in total. The average Bonchev–Trinajstić information content (AvgIpc) is 2.85. The van der Waals surface area contributed by atoms with Gasteiger partial charge in [-0.1, -0.05) is 41.4 Å². The van der Waals surface area contributed by atoms with Gasteiger partial charge < -0.3 is 20.1 Å². The quantitative estimate of drug-likeness (QED) is 0.274. The van der Waals surface area contributed by atoms with Gasteiger partial charge in [-0.15, -0.1) is 0 Å². The number of anilines is 2. The zero-order valence-electron chi connectivity index (χ0n) is 18.7. The number of nitriles is 1. The summed E-state index contributed by atoms with van der Waals surface area (Å²) in [5.41, 5.74) is 1.41. The van der Waals surface area contributed by atoms with E-state index in [9.17, 15) is 14.9 Å². The topological polar surface area (TPSA) is 100 Å². The Kier molecular flexibility index (Phi) is 9.13. The van der Waals surface area contributed by atoms with Gasteiger partial charge >= 0.3 is 0 Å². The van der Waals surface area contributed by atoms with Crippen LogP contribution in [0.15, 0.2) is 72.3 Å². The number of nitrogens with zero attached hydrogens (tertiary/aromatic N) is 1. The van der Waals surface area contributed by atoms with Gasteiger partial charge in [0.1, 0.15) is 11.6 Å². The molecular weight excluding hydrogens is 489 g/mol. The Morgan fingerprint density at radius 3 is 2.40 bits per heavy atom. The summed E-state index contributed by atoms with van der Waals surface area (Å²) in [7, 11) is 0. The number of para-hydroxylation sites is 1. The highest BCUT2D eigenvalue weighted by atomic mass is 35.5. The lowest BCUT2D eigenvalue weighted by Crippen LogP contribution is -2.20. The van der Waals surface area contributed by atoms with E-state index in [2.05, 4.69) is 10.6 Å². The summed E-state index contributed by atoms with van der Waals surface area (Å²) in [5.74, 6) is -0.252. The van der Waals surface area contributed by atoms with Crippen molar-refractivity contribution < 1.29 is 19.1 Å². The minimum absolute atomic E-state index is 0.122. The first-order chi connectivity index (χ1) is 16.9. The van der Waals surface area contributed by atoms with E-state index in [0.29, 0.717) is 45.1 Å². The summed E-state index contributed by atoms with van der Waals surface area (Å²) in [5, 5.41) is 15.7. The highest BCUT2D eigenvalue weighted by Gasteiger charge is 2.13. The summed E-state index contributed by atoms with van der Waals surface area (Å²) in [6.45, 7) is 1.90. The van der Waals surface area contributed by atoms with Crippen molar-refractivity contribution in [1.82, 2.24) is 0 Å². The van der Waals surface area contributed by atoms with Crippen LogP contribution in [0.5, 0.6) is 11.5 Å². The van der Waals surface area contributed by atoms with Crippen LogP contribution in [0.1, 0.15) is 12.5 Å². The first-order valence-corrected chi connectivity index (χ1v) is 11.3. The molecule has 3 aromatic rings. The number of hydrogen-bond donors (Lipinski definition) is 2. The lowest BCUT2D eigenvalue weighted by atomic mass is 10.1. The largest absolute Gasteiger partial charge is 0.490 e. The van der Waals surface area contributed by atoms with E-state index in [-0.39, 0.29) is 18.1 Å². The predicted octanol–water partition coefficient (Wildman–Crippen LogP) is 5.96. The molecule has 0 unspecified atom stereocenters. The molecule has 2 amide bonds. The predicted molar refractivity (Wildman–Crippen MR) is 137 cm³/mol. The molecule has 0 fully saturated rings. The minimum Gasteiger partial charge on any atom is -0.490 e. The smallest absolute Gasteiger partial charge is 0.266 e. The van der Waals surface area contributed by atoms with Crippen LogP contribution in [0.25, 0.3) is 6.08 Å². The fraction of sp³-hybridized carbons (Fsp3) is 0.115. The van der Waals surface area contributed by atoms with Gasteiger partial charge in [0.15, 0.2) is 18.1 Å². The van der Waals surface area contributed by atoms with Gasteiger partial charge in [0.2, 0.25) is 0 Å². The van der Waals surface area contributed by atoms with Crippen molar-refractivity contribution >= 4 is 52.5 Å². The number of nitrogens with one attached hydrogen (secondary N) is 2. The van der Waals surface area contributed by atoms with Crippen LogP contribution < -0.4 is 20.1 Å². The van der Waals surface area contributed by atoms with Crippen LogP contribution in [0.3, 0.4) is 0 Å². The molecule has 0 aliphatic heterocycles. The maximum absolute atomic E-state index is 12.6. The molecule has 0 aliphatic carbocycles. The standard InChI is InChI=1S/C26H21Cl2N3O4/c1-2-34-24-14-17(13-18(15-29)26(33)31-22-6-4-3-5-21(22)28)7-12-23(24)35-16-25(32)30-20-10-8-19(27)9-11-20/h3-14H,2,16H2,1H3,(H,30,32)(H,31,33)/b18-13+. The normalized spacial score (nSPS) is 10.7. The molecular formula is C26H21Cl2N3O4. The van der Waals surface area contributed by atoms with E-state index in [1.54, 1.807) is 73.7 Å². The van der Waals surface area contributed by atoms with E-state index < -0.39 is 5.91 Å². The molecule has 0 saturated heterocycles. The lowest BCUT2D eigenvalue weighted by molar-refractivity contribution is -0.118. The van der Waals surface area contributed by atoms with E-state index >= 15 is 0 Å². The second-order valence-electron chi connectivity index (χ2n) is 7.09. The van der Waals surface area contributed by atoms with Gasteiger partial charge in [0.05, 0.1) is 17.3 Å². The van der Waals surface area contributed by atoms with Gasteiger partial charge in [-0.25, -0.2) is 0 Å². The number of hydrogen-bond acceptors (Lipinski definition) is 5. The number of amides is 2. The molecule has 0 bridgehead atoms. The minimum atomic E-state index is -0.599. The molecule has 0 atom stereocenters. The van der Waals surface area contributed by atoms with Crippen LogP contribution in [0, 0.1) is 11.3 Å². The van der Waals surface area contributed by atoms with Crippen LogP contribution in [0.2, 0.25) is 10.0 Å². The Hall–Kier alpha value is -3.99. The molecule has 3 aromatic carbocycles. The van der Waals surface area contributed by atoms with Gasteiger partial charge in [-0.3, -0.25) is 9.59 Å². The maximum atomic E-state index is 12.6. The molecule has 2 N–H and O–H groups in total. The molecule has 0 radical (unpaired) electrons. The number of benzene rings is 3. The third kappa shape index (κ3) is 7.51. The SMILES string of the molecule is CCOc1cc(/C=C(\C#N)C(=O)Nc2ccccc2Cl)ccc1OCC(=O)Nc1ccc(Cl)cc1. The highest BCUT2D eigenvalue weighted by molar-refractivity contribution is 6.34. The Bertz CT molecular complexity index is 1280. The fourth-order valence-electron chi connectivity index (χ4n) is 2.94. The summed E-state index contributed by atoms with van der Waals surface area (Å²) in [4.78, 5) is 24.8. The van der Waals surface area contributed by atoms with E-state index in [4.69, 9.17) is 32.7 Å². The molecule has 0 heterocycles. The zero-order chi connectivity index (χ0) is 25.2. The number of carbonyl (C=O) groups is 2. The van der Waals surface area contributed by atoms with E-state index in [0.717, 1.165) is 0 Å². The zero-order valence-corrected chi connectivity index (χ0v) is 20.2. The van der Waals surface area contributed by atoms with Gasteiger partial charge in [0, 0.05) is 10.7 Å². The molecule has 0 spiro atoms. The molecule has 178 valence electrons.